The SMILES string of the molecule is COc1ccc(-c2nnc(N=C(C)[Si]C)o2)cc1OC. The Morgan fingerprint density at radius 1 is 1.20 bits per heavy atom. The molecule has 1 aromatic heterocycles. The minimum absolute atomic E-state index is 0.265. The summed E-state index contributed by atoms with van der Waals surface area (Å²) in [6.07, 6.45) is 0. The number of aliphatic imine (C=N–C) groups is 1. The van der Waals surface area contributed by atoms with Gasteiger partial charge in [0.15, 0.2) is 11.5 Å². The highest BCUT2D eigenvalue weighted by Gasteiger charge is 2.11. The fourth-order valence-corrected chi connectivity index (χ4v) is 1.75. The molecule has 0 amide bonds. The van der Waals surface area contributed by atoms with Gasteiger partial charge in [0.1, 0.15) is 0 Å². The topological polar surface area (TPSA) is 69.7 Å². The molecule has 0 bridgehead atoms. The molecular formula is C13H15N3O3Si. The van der Waals surface area contributed by atoms with E-state index in [2.05, 4.69) is 15.2 Å². The molecular weight excluding hydrogens is 274 g/mol. The summed E-state index contributed by atoms with van der Waals surface area (Å²) in [6, 6.07) is 5.67. The van der Waals surface area contributed by atoms with Crippen molar-refractivity contribution in [2.45, 2.75) is 13.5 Å². The molecule has 0 aliphatic carbocycles. The van der Waals surface area contributed by atoms with Gasteiger partial charge in [-0.25, -0.2) is 4.99 Å². The summed E-state index contributed by atoms with van der Waals surface area (Å²) in [5.41, 5.74) is 0.758. The summed E-state index contributed by atoms with van der Waals surface area (Å²) in [6.45, 7) is 3.98. The third-order valence-corrected chi connectivity index (χ3v) is 3.51. The van der Waals surface area contributed by atoms with Crippen molar-refractivity contribution in [3.05, 3.63) is 18.2 Å². The quantitative estimate of drug-likeness (QED) is 0.625. The molecule has 2 aromatic rings. The van der Waals surface area contributed by atoms with Gasteiger partial charge in [0.2, 0.25) is 5.89 Å². The van der Waals surface area contributed by atoms with Crippen molar-refractivity contribution >= 4 is 20.9 Å². The molecule has 2 rings (SSSR count). The number of ether oxygens (including phenoxy) is 2. The van der Waals surface area contributed by atoms with Gasteiger partial charge in [-0.15, -0.1) is 5.10 Å². The minimum Gasteiger partial charge on any atom is -0.493 e. The molecule has 1 heterocycles. The molecule has 0 spiro atoms. The second kappa shape index (κ2) is 6.33. The number of rotatable bonds is 5. The number of benzene rings is 1. The molecule has 1 aromatic carbocycles. The lowest BCUT2D eigenvalue weighted by molar-refractivity contribution is 0.355. The average molecular weight is 289 g/mol. The normalized spacial score (nSPS) is 11.5. The van der Waals surface area contributed by atoms with Gasteiger partial charge in [-0.1, -0.05) is 11.6 Å². The first-order chi connectivity index (χ1) is 9.67. The van der Waals surface area contributed by atoms with Crippen LogP contribution in [0.2, 0.25) is 6.55 Å². The van der Waals surface area contributed by atoms with Crippen molar-refractivity contribution in [3.63, 3.8) is 0 Å². The Morgan fingerprint density at radius 2 is 1.95 bits per heavy atom. The molecule has 0 aliphatic heterocycles. The zero-order valence-electron chi connectivity index (χ0n) is 11.8. The Bertz CT molecular complexity index is 625. The molecule has 20 heavy (non-hydrogen) atoms. The molecule has 0 N–H and O–H groups in total. The summed E-state index contributed by atoms with van der Waals surface area (Å²) < 4.78 is 15.9. The van der Waals surface area contributed by atoms with Crippen LogP contribution in [-0.2, 0) is 0 Å². The van der Waals surface area contributed by atoms with E-state index in [0.717, 1.165) is 10.9 Å². The average Bonchev–Trinajstić information content (AvgIpc) is 2.94. The number of nitrogens with zero attached hydrogens (tertiary/aromatic N) is 3. The first-order valence-corrected chi connectivity index (χ1v) is 7.47. The molecule has 0 saturated carbocycles. The van der Waals surface area contributed by atoms with Crippen LogP contribution in [0.15, 0.2) is 27.6 Å². The van der Waals surface area contributed by atoms with Gasteiger partial charge in [0.25, 0.3) is 0 Å². The van der Waals surface area contributed by atoms with Crippen LogP contribution in [0.5, 0.6) is 11.5 Å². The van der Waals surface area contributed by atoms with E-state index in [1.807, 2.05) is 19.5 Å². The predicted octanol–water partition coefficient (Wildman–Crippen LogP) is 2.56. The smallest absolute Gasteiger partial charge is 0.342 e. The van der Waals surface area contributed by atoms with Crippen molar-refractivity contribution in [3.8, 4) is 23.0 Å². The van der Waals surface area contributed by atoms with Crippen LogP contribution in [0.3, 0.4) is 0 Å². The van der Waals surface area contributed by atoms with Crippen molar-refractivity contribution in [2.75, 3.05) is 14.2 Å². The Labute approximate surface area is 119 Å². The van der Waals surface area contributed by atoms with Gasteiger partial charge in [-0.2, -0.15) is 0 Å². The molecule has 6 nitrogen and oxygen atoms in total. The van der Waals surface area contributed by atoms with Crippen LogP contribution >= 0.6 is 0 Å². The molecule has 7 heteroatoms. The fourth-order valence-electron chi connectivity index (χ4n) is 1.55. The molecule has 2 radical (unpaired) electrons. The first-order valence-electron chi connectivity index (χ1n) is 5.97. The summed E-state index contributed by atoms with van der Waals surface area (Å²) in [5.74, 6) is 1.66. The maximum atomic E-state index is 5.51. The molecule has 0 unspecified atom stereocenters. The summed E-state index contributed by atoms with van der Waals surface area (Å²) in [5, 5.41) is 8.86. The summed E-state index contributed by atoms with van der Waals surface area (Å²) >= 11 is 0. The largest absolute Gasteiger partial charge is 0.493 e. The van der Waals surface area contributed by atoms with E-state index in [1.165, 1.54) is 0 Å². The summed E-state index contributed by atoms with van der Waals surface area (Å²) in [4.78, 5) is 4.23. The Hall–Kier alpha value is -2.15. The molecule has 104 valence electrons. The number of methoxy groups -OCH3 is 2. The van der Waals surface area contributed by atoms with E-state index >= 15 is 0 Å². The number of hydrogen-bond acceptors (Lipinski definition) is 6. The van der Waals surface area contributed by atoms with Crippen LogP contribution in [0.4, 0.5) is 6.01 Å². The monoisotopic (exact) mass is 289 g/mol. The van der Waals surface area contributed by atoms with E-state index in [1.54, 1.807) is 26.4 Å². The van der Waals surface area contributed by atoms with Crippen LogP contribution in [0, 0.1) is 0 Å². The van der Waals surface area contributed by atoms with Gasteiger partial charge < -0.3 is 13.9 Å². The molecule has 0 fully saturated rings. The van der Waals surface area contributed by atoms with E-state index in [0.29, 0.717) is 26.9 Å². The van der Waals surface area contributed by atoms with Crippen molar-refractivity contribution in [2.24, 2.45) is 4.99 Å². The van der Waals surface area contributed by atoms with Crippen LogP contribution in [0.1, 0.15) is 6.92 Å². The number of aromatic nitrogens is 2. The van der Waals surface area contributed by atoms with Crippen molar-refractivity contribution in [1.29, 1.82) is 0 Å². The van der Waals surface area contributed by atoms with Crippen LogP contribution in [0.25, 0.3) is 11.5 Å². The summed E-state index contributed by atoms with van der Waals surface area (Å²) in [7, 11) is 3.78. The highest BCUT2D eigenvalue weighted by atomic mass is 28.2. The lowest BCUT2D eigenvalue weighted by atomic mass is 10.2. The third-order valence-electron chi connectivity index (χ3n) is 2.67. The predicted molar refractivity (Wildman–Crippen MR) is 77.2 cm³/mol. The Balaban J connectivity index is 2.33. The highest BCUT2D eigenvalue weighted by molar-refractivity contribution is 6.74. The van der Waals surface area contributed by atoms with E-state index in [9.17, 15) is 0 Å². The zero-order chi connectivity index (χ0) is 14.5. The second-order valence-electron chi connectivity index (χ2n) is 3.91. The lowest BCUT2D eigenvalue weighted by Crippen LogP contribution is -1.97. The lowest BCUT2D eigenvalue weighted by Gasteiger charge is -2.07. The maximum absolute atomic E-state index is 5.51. The van der Waals surface area contributed by atoms with Gasteiger partial charge in [0.05, 0.1) is 23.7 Å². The highest BCUT2D eigenvalue weighted by Crippen LogP contribution is 2.32. The Kier molecular flexibility index (Phi) is 4.52. The van der Waals surface area contributed by atoms with Crippen molar-refractivity contribution in [1.82, 2.24) is 10.2 Å². The van der Waals surface area contributed by atoms with Crippen LogP contribution in [-0.4, -0.2) is 39.3 Å². The molecule has 0 atom stereocenters. The van der Waals surface area contributed by atoms with E-state index < -0.39 is 0 Å². The standard InChI is InChI=1S/C13H15N3O3Si/c1-8(20-4)14-13-16-15-12(19-13)9-5-6-10(17-2)11(7-9)18-3/h5-7H,1-4H3. The molecule has 0 saturated heterocycles. The Morgan fingerprint density at radius 3 is 2.60 bits per heavy atom. The van der Waals surface area contributed by atoms with Gasteiger partial charge in [-0.05, 0) is 25.1 Å². The minimum atomic E-state index is 0.265. The van der Waals surface area contributed by atoms with E-state index in [4.69, 9.17) is 13.9 Å². The fraction of sp³-hybridized carbons (Fsp3) is 0.308. The third kappa shape index (κ3) is 3.05. The van der Waals surface area contributed by atoms with Gasteiger partial charge >= 0.3 is 6.01 Å². The van der Waals surface area contributed by atoms with Crippen molar-refractivity contribution < 1.29 is 13.9 Å². The van der Waals surface area contributed by atoms with Crippen LogP contribution < -0.4 is 9.47 Å². The number of hydrogen-bond donors (Lipinski definition) is 0. The van der Waals surface area contributed by atoms with Gasteiger partial charge in [0, 0.05) is 10.9 Å². The maximum Gasteiger partial charge on any atom is 0.342 e. The zero-order valence-corrected chi connectivity index (χ0v) is 12.8. The molecule has 0 aliphatic rings. The van der Waals surface area contributed by atoms with Gasteiger partial charge in [-0.3, -0.25) is 0 Å². The first kappa shape index (κ1) is 14.3. The van der Waals surface area contributed by atoms with E-state index in [-0.39, 0.29) is 6.01 Å². The second-order valence-corrected chi connectivity index (χ2v) is 5.13.